The van der Waals surface area contributed by atoms with Crippen LogP contribution in [-0.2, 0) is 4.79 Å². The summed E-state index contributed by atoms with van der Waals surface area (Å²) >= 11 is 0. The smallest absolute Gasteiger partial charge is 0.251 e. The van der Waals surface area contributed by atoms with Crippen LogP contribution >= 0.6 is 0 Å². The molecule has 2 heterocycles. The number of aromatic nitrogens is 1. The highest BCUT2D eigenvalue weighted by molar-refractivity contribution is 6.03. The Balaban J connectivity index is 1.49. The average Bonchev–Trinajstić information content (AvgIpc) is 3.30. The monoisotopic (exact) mass is 393 g/mol. The first-order chi connectivity index (χ1) is 14.0. The van der Waals surface area contributed by atoms with E-state index in [1.807, 2.05) is 36.2 Å². The molecule has 0 unspecified atom stereocenters. The lowest BCUT2D eigenvalue weighted by Crippen LogP contribution is -2.30. The lowest BCUT2D eigenvalue weighted by molar-refractivity contribution is -0.127. The van der Waals surface area contributed by atoms with Crippen molar-refractivity contribution < 1.29 is 14.0 Å². The Labute approximate surface area is 168 Å². The van der Waals surface area contributed by atoms with Gasteiger partial charge in [-0.2, -0.15) is 0 Å². The SMILES string of the molecule is Cc1cc2[nH]cc(-c3cccc(F)c3)c2cc1C(=O)NCCCN1CCCC1=O. The molecule has 2 aromatic carbocycles. The predicted molar refractivity (Wildman–Crippen MR) is 111 cm³/mol. The number of nitrogens with zero attached hydrogens (tertiary/aromatic N) is 1. The number of aryl methyl sites for hydroxylation is 1. The summed E-state index contributed by atoms with van der Waals surface area (Å²) in [6.45, 7) is 3.92. The van der Waals surface area contributed by atoms with E-state index in [2.05, 4.69) is 10.3 Å². The molecule has 150 valence electrons. The van der Waals surface area contributed by atoms with Crippen LogP contribution in [0.2, 0.25) is 0 Å². The Bertz CT molecular complexity index is 1070. The first-order valence-corrected chi connectivity index (χ1v) is 9.96. The summed E-state index contributed by atoms with van der Waals surface area (Å²) in [5, 5.41) is 3.84. The minimum Gasteiger partial charge on any atom is -0.361 e. The van der Waals surface area contributed by atoms with Gasteiger partial charge in [0.2, 0.25) is 5.91 Å². The van der Waals surface area contributed by atoms with Crippen molar-refractivity contribution in [3.63, 3.8) is 0 Å². The highest BCUT2D eigenvalue weighted by Gasteiger charge is 2.19. The normalized spacial score (nSPS) is 14.0. The van der Waals surface area contributed by atoms with Crippen molar-refractivity contribution in [3.8, 4) is 11.1 Å². The molecule has 29 heavy (non-hydrogen) atoms. The van der Waals surface area contributed by atoms with E-state index in [9.17, 15) is 14.0 Å². The summed E-state index contributed by atoms with van der Waals surface area (Å²) in [6, 6.07) is 10.2. The van der Waals surface area contributed by atoms with E-state index < -0.39 is 0 Å². The zero-order chi connectivity index (χ0) is 20.4. The third kappa shape index (κ3) is 4.01. The Kier molecular flexibility index (Phi) is 5.34. The second-order valence-electron chi connectivity index (χ2n) is 7.52. The molecule has 1 fully saturated rings. The van der Waals surface area contributed by atoms with Gasteiger partial charge in [-0.05, 0) is 55.2 Å². The van der Waals surface area contributed by atoms with Crippen molar-refractivity contribution in [2.75, 3.05) is 19.6 Å². The zero-order valence-electron chi connectivity index (χ0n) is 16.4. The van der Waals surface area contributed by atoms with Gasteiger partial charge < -0.3 is 15.2 Å². The molecule has 6 heteroatoms. The van der Waals surface area contributed by atoms with Crippen LogP contribution in [0.1, 0.15) is 35.2 Å². The number of H-pyrrole nitrogens is 1. The minimum absolute atomic E-state index is 0.136. The Morgan fingerprint density at radius 3 is 2.90 bits per heavy atom. The van der Waals surface area contributed by atoms with E-state index in [0.29, 0.717) is 25.1 Å². The fourth-order valence-electron chi connectivity index (χ4n) is 3.92. The van der Waals surface area contributed by atoms with E-state index in [1.165, 1.54) is 12.1 Å². The molecule has 1 aliphatic rings. The van der Waals surface area contributed by atoms with Gasteiger partial charge in [0.05, 0.1) is 0 Å². The molecule has 1 aliphatic heterocycles. The number of aromatic amines is 1. The second-order valence-corrected chi connectivity index (χ2v) is 7.52. The molecule has 5 nitrogen and oxygen atoms in total. The van der Waals surface area contributed by atoms with Crippen LogP contribution < -0.4 is 5.32 Å². The number of carbonyl (C=O) groups excluding carboxylic acids is 2. The highest BCUT2D eigenvalue weighted by Crippen LogP contribution is 2.31. The number of carbonyl (C=O) groups is 2. The van der Waals surface area contributed by atoms with Crippen LogP contribution in [0.15, 0.2) is 42.6 Å². The summed E-state index contributed by atoms with van der Waals surface area (Å²) in [6.07, 6.45) is 4.13. The molecule has 2 N–H and O–H groups in total. The zero-order valence-corrected chi connectivity index (χ0v) is 16.4. The van der Waals surface area contributed by atoms with Gasteiger partial charge in [0.15, 0.2) is 0 Å². The first kappa shape index (κ1) is 19.2. The Morgan fingerprint density at radius 1 is 1.28 bits per heavy atom. The number of likely N-dealkylation sites (tertiary alicyclic amines) is 1. The van der Waals surface area contributed by atoms with Crippen molar-refractivity contribution in [3.05, 3.63) is 59.5 Å². The van der Waals surface area contributed by atoms with E-state index in [-0.39, 0.29) is 17.6 Å². The van der Waals surface area contributed by atoms with Crippen LogP contribution in [-0.4, -0.2) is 41.3 Å². The number of hydrogen-bond donors (Lipinski definition) is 2. The molecular weight excluding hydrogens is 369 g/mol. The molecule has 2 amide bonds. The standard InChI is InChI=1S/C23H24FN3O2/c1-15-11-21-19(20(14-26-21)16-5-2-6-17(24)12-16)13-18(15)23(29)25-8-4-10-27-9-3-7-22(27)28/h2,5-6,11-14,26H,3-4,7-10H2,1H3,(H,25,29). The van der Waals surface area contributed by atoms with Gasteiger partial charge in [0, 0.05) is 54.3 Å². The van der Waals surface area contributed by atoms with Crippen molar-refractivity contribution >= 4 is 22.7 Å². The van der Waals surface area contributed by atoms with Gasteiger partial charge >= 0.3 is 0 Å². The third-order valence-corrected chi connectivity index (χ3v) is 5.47. The molecule has 0 spiro atoms. The predicted octanol–water partition coefficient (Wildman–Crippen LogP) is 4.02. The van der Waals surface area contributed by atoms with E-state index in [4.69, 9.17) is 0 Å². The number of benzene rings is 2. The quantitative estimate of drug-likeness (QED) is 0.621. The maximum atomic E-state index is 13.6. The summed E-state index contributed by atoms with van der Waals surface area (Å²) < 4.78 is 13.6. The number of fused-ring (bicyclic) bond motifs is 1. The Hall–Kier alpha value is -3.15. The fourth-order valence-corrected chi connectivity index (χ4v) is 3.92. The number of amides is 2. The van der Waals surface area contributed by atoms with Crippen LogP contribution in [0, 0.1) is 12.7 Å². The number of rotatable bonds is 6. The van der Waals surface area contributed by atoms with E-state index in [1.54, 1.807) is 6.07 Å². The maximum Gasteiger partial charge on any atom is 0.251 e. The number of halogens is 1. The number of nitrogens with one attached hydrogen (secondary N) is 2. The molecule has 0 bridgehead atoms. The highest BCUT2D eigenvalue weighted by atomic mass is 19.1. The van der Waals surface area contributed by atoms with Gasteiger partial charge in [-0.3, -0.25) is 9.59 Å². The van der Waals surface area contributed by atoms with Crippen LogP contribution in [0.25, 0.3) is 22.0 Å². The third-order valence-electron chi connectivity index (χ3n) is 5.47. The van der Waals surface area contributed by atoms with E-state index >= 15 is 0 Å². The maximum absolute atomic E-state index is 13.6. The minimum atomic E-state index is -0.293. The van der Waals surface area contributed by atoms with Gasteiger partial charge in [0.1, 0.15) is 5.82 Å². The van der Waals surface area contributed by atoms with Gasteiger partial charge in [-0.15, -0.1) is 0 Å². The van der Waals surface area contributed by atoms with E-state index in [0.717, 1.165) is 47.0 Å². The largest absolute Gasteiger partial charge is 0.361 e. The van der Waals surface area contributed by atoms with Gasteiger partial charge in [-0.1, -0.05) is 12.1 Å². The summed E-state index contributed by atoms with van der Waals surface area (Å²) in [5.41, 5.74) is 4.01. The summed E-state index contributed by atoms with van der Waals surface area (Å²) in [5.74, 6) is -0.225. The lowest BCUT2D eigenvalue weighted by Gasteiger charge is -2.15. The molecule has 0 aliphatic carbocycles. The van der Waals surface area contributed by atoms with Crippen molar-refractivity contribution in [2.24, 2.45) is 0 Å². The van der Waals surface area contributed by atoms with Crippen LogP contribution in [0.5, 0.6) is 0 Å². The molecule has 0 radical (unpaired) electrons. The fraction of sp³-hybridized carbons (Fsp3) is 0.304. The topological polar surface area (TPSA) is 65.2 Å². The van der Waals surface area contributed by atoms with Crippen LogP contribution in [0.3, 0.4) is 0 Å². The molecular formula is C23H24FN3O2. The molecule has 1 saturated heterocycles. The average molecular weight is 393 g/mol. The summed E-state index contributed by atoms with van der Waals surface area (Å²) in [7, 11) is 0. The lowest BCUT2D eigenvalue weighted by atomic mass is 10.00. The molecule has 1 aromatic heterocycles. The van der Waals surface area contributed by atoms with Crippen LogP contribution in [0.4, 0.5) is 4.39 Å². The molecule has 4 rings (SSSR count). The first-order valence-electron chi connectivity index (χ1n) is 9.96. The molecule has 0 atom stereocenters. The van der Waals surface area contributed by atoms with Crippen molar-refractivity contribution in [1.29, 1.82) is 0 Å². The summed E-state index contributed by atoms with van der Waals surface area (Å²) in [4.78, 5) is 29.4. The van der Waals surface area contributed by atoms with Crippen molar-refractivity contribution in [1.82, 2.24) is 15.2 Å². The van der Waals surface area contributed by atoms with Gasteiger partial charge in [-0.25, -0.2) is 4.39 Å². The number of hydrogen-bond acceptors (Lipinski definition) is 2. The molecule has 0 saturated carbocycles. The van der Waals surface area contributed by atoms with Gasteiger partial charge in [0.25, 0.3) is 5.91 Å². The Morgan fingerprint density at radius 2 is 2.14 bits per heavy atom. The molecule has 3 aromatic rings. The second kappa shape index (κ2) is 8.07. The van der Waals surface area contributed by atoms with Crippen molar-refractivity contribution in [2.45, 2.75) is 26.2 Å².